The molecule has 1 aliphatic rings. The summed E-state index contributed by atoms with van der Waals surface area (Å²) in [5.74, 6) is 0.721. The SMILES string of the molecule is CCC1CCN(c2cc([N+](=O)[O-])ccc2C)C(CN)C1. The second-order valence-electron chi connectivity index (χ2n) is 5.61. The molecule has 0 saturated carbocycles. The third kappa shape index (κ3) is 2.93. The lowest BCUT2D eigenvalue weighted by Gasteiger charge is -2.41. The predicted molar refractivity (Wildman–Crippen MR) is 81.0 cm³/mol. The van der Waals surface area contributed by atoms with E-state index in [9.17, 15) is 10.1 Å². The molecule has 1 heterocycles. The first-order valence-electron chi connectivity index (χ1n) is 7.28. The van der Waals surface area contributed by atoms with Gasteiger partial charge in [0.15, 0.2) is 0 Å². The highest BCUT2D eigenvalue weighted by molar-refractivity contribution is 5.59. The summed E-state index contributed by atoms with van der Waals surface area (Å²) in [7, 11) is 0. The van der Waals surface area contributed by atoms with E-state index in [0.29, 0.717) is 6.54 Å². The van der Waals surface area contributed by atoms with E-state index in [-0.39, 0.29) is 16.7 Å². The summed E-state index contributed by atoms with van der Waals surface area (Å²) >= 11 is 0. The van der Waals surface area contributed by atoms with Gasteiger partial charge in [0.2, 0.25) is 0 Å². The van der Waals surface area contributed by atoms with E-state index in [1.807, 2.05) is 13.0 Å². The normalized spacial score (nSPS) is 22.9. The Morgan fingerprint density at radius 2 is 2.25 bits per heavy atom. The number of rotatable bonds is 4. The second kappa shape index (κ2) is 6.22. The minimum absolute atomic E-state index is 0.152. The number of aryl methyl sites for hydroxylation is 1. The zero-order chi connectivity index (χ0) is 14.7. The quantitative estimate of drug-likeness (QED) is 0.678. The molecule has 110 valence electrons. The molecule has 2 atom stereocenters. The van der Waals surface area contributed by atoms with Gasteiger partial charge in [0, 0.05) is 37.0 Å². The minimum Gasteiger partial charge on any atom is -0.367 e. The number of nitro benzene ring substituents is 1. The van der Waals surface area contributed by atoms with Crippen molar-refractivity contribution >= 4 is 11.4 Å². The number of nitro groups is 1. The van der Waals surface area contributed by atoms with Gasteiger partial charge >= 0.3 is 0 Å². The molecule has 20 heavy (non-hydrogen) atoms. The lowest BCUT2D eigenvalue weighted by molar-refractivity contribution is -0.384. The monoisotopic (exact) mass is 277 g/mol. The van der Waals surface area contributed by atoms with E-state index in [1.165, 1.54) is 6.42 Å². The standard InChI is InChI=1S/C15H23N3O2/c1-3-12-6-7-17(14(8-12)10-16)15-9-13(18(19)20)5-4-11(15)2/h4-5,9,12,14H,3,6-8,10,16H2,1-2H3. The molecule has 1 saturated heterocycles. The lowest BCUT2D eigenvalue weighted by atomic mass is 9.88. The summed E-state index contributed by atoms with van der Waals surface area (Å²) in [6.45, 7) is 5.74. The number of nitrogens with zero attached hydrogens (tertiary/aromatic N) is 2. The number of hydrogen-bond acceptors (Lipinski definition) is 4. The van der Waals surface area contributed by atoms with Crippen molar-refractivity contribution in [3.05, 3.63) is 33.9 Å². The van der Waals surface area contributed by atoms with E-state index >= 15 is 0 Å². The first kappa shape index (κ1) is 14.8. The predicted octanol–water partition coefficient (Wildman–Crippen LogP) is 2.86. The fourth-order valence-electron chi connectivity index (χ4n) is 3.07. The van der Waals surface area contributed by atoms with Crippen LogP contribution in [0.4, 0.5) is 11.4 Å². The molecule has 2 unspecified atom stereocenters. The third-order valence-electron chi connectivity index (χ3n) is 4.39. The van der Waals surface area contributed by atoms with Gasteiger partial charge in [-0.3, -0.25) is 10.1 Å². The van der Waals surface area contributed by atoms with Gasteiger partial charge in [-0.1, -0.05) is 19.4 Å². The zero-order valence-electron chi connectivity index (χ0n) is 12.2. The van der Waals surface area contributed by atoms with E-state index in [4.69, 9.17) is 5.73 Å². The number of nitrogens with two attached hydrogens (primary N) is 1. The molecule has 0 spiro atoms. The molecule has 1 aromatic carbocycles. The van der Waals surface area contributed by atoms with Gasteiger partial charge in [0.05, 0.1) is 4.92 Å². The number of hydrogen-bond donors (Lipinski definition) is 1. The molecule has 0 radical (unpaired) electrons. The first-order valence-corrected chi connectivity index (χ1v) is 7.28. The highest BCUT2D eigenvalue weighted by atomic mass is 16.6. The van der Waals surface area contributed by atoms with Gasteiger partial charge in [-0.2, -0.15) is 0 Å². The first-order chi connectivity index (χ1) is 9.56. The van der Waals surface area contributed by atoms with Crippen LogP contribution >= 0.6 is 0 Å². The summed E-state index contributed by atoms with van der Waals surface area (Å²) in [5, 5.41) is 11.0. The van der Waals surface area contributed by atoms with Crippen molar-refractivity contribution in [2.75, 3.05) is 18.0 Å². The van der Waals surface area contributed by atoms with Crippen LogP contribution in [0.5, 0.6) is 0 Å². The van der Waals surface area contributed by atoms with Crippen molar-refractivity contribution in [2.24, 2.45) is 11.7 Å². The number of anilines is 1. The molecular weight excluding hydrogens is 254 g/mol. The smallest absolute Gasteiger partial charge is 0.271 e. The van der Waals surface area contributed by atoms with Crippen LogP contribution in [0.25, 0.3) is 0 Å². The summed E-state index contributed by atoms with van der Waals surface area (Å²) in [4.78, 5) is 12.9. The maximum atomic E-state index is 11.0. The van der Waals surface area contributed by atoms with E-state index in [2.05, 4.69) is 11.8 Å². The zero-order valence-corrected chi connectivity index (χ0v) is 12.2. The van der Waals surface area contributed by atoms with Crippen LogP contribution in [0.1, 0.15) is 31.7 Å². The van der Waals surface area contributed by atoms with Gasteiger partial charge in [-0.25, -0.2) is 0 Å². The average Bonchev–Trinajstić information content (AvgIpc) is 2.47. The molecule has 1 aromatic rings. The molecule has 0 amide bonds. The average molecular weight is 277 g/mol. The van der Waals surface area contributed by atoms with Gasteiger partial charge in [-0.15, -0.1) is 0 Å². The van der Waals surface area contributed by atoms with Crippen molar-refractivity contribution in [1.29, 1.82) is 0 Å². The van der Waals surface area contributed by atoms with Crippen molar-refractivity contribution in [3.63, 3.8) is 0 Å². The number of non-ortho nitro benzene ring substituents is 1. The Morgan fingerprint density at radius 3 is 2.85 bits per heavy atom. The van der Waals surface area contributed by atoms with Crippen LogP contribution in [-0.2, 0) is 0 Å². The lowest BCUT2D eigenvalue weighted by Crippen LogP contribution is -2.47. The minimum atomic E-state index is -0.334. The Labute approximate surface area is 119 Å². The molecule has 1 fully saturated rings. The van der Waals surface area contributed by atoms with Crippen molar-refractivity contribution in [3.8, 4) is 0 Å². The molecule has 5 nitrogen and oxygen atoms in total. The van der Waals surface area contributed by atoms with Crippen LogP contribution in [0.15, 0.2) is 18.2 Å². The fourth-order valence-corrected chi connectivity index (χ4v) is 3.07. The molecular formula is C15H23N3O2. The maximum Gasteiger partial charge on any atom is 0.271 e. The Morgan fingerprint density at radius 1 is 1.50 bits per heavy atom. The molecule has 0 aliphatic carbocycles. The van der Waals surface area contributed by atoms with Crippen LogP contribution < -0.4 is 10.6 Å². The van der Waals surface area contributed by atoms with E-state index in [1.54, 1.807) is 12.1 Å². The van der Waals surface area contributed by atoms with Crippen LogP contribution in [-0.4, -0.2) is 24.1 Å². The molecule has 5 heteroatoms. The summed E-state index contributed by atoms with van der Waals surface area (Å²) in [6, 6.07) is 5.36. The Balaban J connectivity index is 2.30. The van der Waals surface area contributed by atoms with E-state index in [0.717, 1.165) is 36.6 Å². The van der Waals surface area contributed by atoms with Crippen LogP contribution in [0.2, 0.25) is 0 Å². The highest BCUT2D eigenvalue weighted by Gasteiger charge is 2.28. The Bertz CT molecular complexity index is 490. The van der Waals surface area contributed by atoms with Crippen molar-refractivity contribution in [1.82, 2.24) is 0 Å². The van der Waals surface area contributed by atoms with Crippen LogP contribution in [0.3, 0.4) is 0 Å². The topological polar surface area (TPSA) is 72.4 Å². The molecule has 2 rings (SSSR count). The number of benzene rings is 1. The highest BCUT2D eigenvalue weighted by Crippen LogP contribution is 2.33. The fraction of sp³-hybridized carbons (Fsp3) is 0.600. The summed E-state index contributed by atoms with van der Waals surface area (Å²) in [5.41, 5.74) is 8.11. The molecule has 0 aromatic heterocycles. The molecule has 1 aliphatic heterocycles. The van der Waals surface area contributed by atoms with Gasteiger partial charge in [0.25, 0.3) is 5.69 Å². The van der Waals surface area contributed by atoms with Gasteiger partial charge in [0.1, 0.15) is 0 Å². The maximum absolute atomic E-state index is 11.0. The van der Waals surface area contributed by atoms with Crippen LogP contribution in [0, 0.1) is 23.0 Å². The van der Waals surface area contributed by atoms with Crippen molar-refractivity contribution in [2.45, 2.75) is 39.2 Å². The summed E-state index contributed by atoms with van der Waals surface area (Å²) < 4.78 is 0. The summed E-state index contributed by atoms with van der Waals surface area (Å²) in [6.07, 6.45) is 3.39. The largest absolute Gasteiger partial charge is 0.367 e. The Hall–Kier alpha value is -1.62. The van der Waals surface area contributed by atoms with Crippen molar-refractivity contribution < 1.29 is 4.92 Å². The van der Waals surface area contributed by atoms with Gasteiger partial charge in [-0.05, 0) is 31.2 Å². The third-order valence-corrected chi connectivity index (χ3v) is 4.39. The molecule has 2 N–H and O–H groups in total. The van der Waals surface area contributed by atoms with Gasteiger partial charge < -0.3 is 10.6 Å². The number of piperidine rings is 1. The molecule has 0 bridgehead atoms. The Kier molecular flexibility index (Phi) is 4.60. The second-order valence-corrected chi connectivity index (χ2v) is 5.61. The van der Waals surface area contributed by atoms with E-state index < -0.39 is 0 Å².